The van der Waals surface area contributed by atoms with Crippen LogP contribution >= 0.6 is 0 Å². The van der Waals surface area contributed by atoms with Crippen LogP contribution in [0.3, 0.4) is 0 Å². The first-order valence-corrected chi connectivity index (χ1v) is 7.70. The molecule has 112 valence electrons. The third-order valence-corrected chi connectivity index (χ3v) is 5.31. The lowest BCUT2D eigenvalue weighted by atomic mass is 10.2. The second-order valence-corrected chi connectivity index (χ2v) is 7.03. The van der Waals surface area contributed by atoms with Gasteiger partial charge in [0.15, 0.2) is 0 Å². The van der Waals surface area contributed by atoms with Crippen molar-refractivity contribution in [2.75, 3.05) is 40.3 Å². The van der Waals surface area contributed by atoms with E-state index in [9.17, 15) is 13.2 Å². The summed E-state index contributed by atoms with van der Waals surface area (Å²) in [6.45, 7) is 3.17. The van der Waals surface area contributed by atoms with Crippen molar-refractivity contribution >= 4 is 16.1 Å². The molecule has 0 bridgehead atoms. The van der Waals surface area contributed by atoms with Gasteiger partial charge in [0.05, 0.1) is 11.8 Å². The van der Waals surface area contributed by atoms with Crippen LogP contribution in [0.2, 0.25) is 0 Å². The molecule has 0 saturated carbocycles. The van der Waals surface area contributed by atoms with E-state index in [4.69, 9.17) is 0 Å². The Hall–Kier alpha value is -1.45. The van der Waals surface area contributed by atoms with Crippen LogP contribution in [0.1, 0.15) is 16.1 Å². The topological polar surface area (TPSA) is 89.6 Å². The number of aromatic nitrogens is 2. The molecule has 0 atom stereocenters. The standard InChI is InChI=1S/C11H19N5O3S/c1-9-10(8-12-13-9)11(17)15-4-6-16(7-5-15)20(18,19)14(2)3/h8H,4-7H2,1-3H3,(H,12,13). The van der Waals surface area contributed by atoms with Gasteiger partial charge in [-0.3, -0.25) is 9.89 Å². The van der Waals surface area contributed by atoms with Gasteiger partial charge in [0.2, 0.25) is 0 Å². The summed E-state index contributed by atoms with van der Waals surface area (Å²) in [5, 5.41) is 6.56. The molecule has 0 radical (unpaired) electrons. The summed E-state index contributed by atoms with van der Waals surface area (Å²) in [6, 6.07) is 0. The number of aryl methyl sites for hydroxylation is 1. The van der Waals surface area contributed by atoms with Crippen molar-refractivity contribution < 1.29 is 13.2 Å². The summed E-state index contributed by atoms with van der Waals surface area (Å²) in [7, 11) is -0.398. The molecule has 1 aliphatic heterocycles. The summed E-state index contributed by atoms with van der Waals surface area (Å²) >= 11 is 0. The van der Waals surface area contributed by atoms with Crippen LogP contribution in [0.15, 0.2) is 6.20 Å². The smallest absolute Gasteiger partial charge is 0.281 e. The molecule has 1 saturated heterocycles. The maximum Gasteiger partial charge on any atom is 0.281 e. The first-order chi connectivity index (χ1) is 9.34. The van der Waals surface area contributed by atoms with Crippen molar-refractivity contribution in [1.29, 1.82) is 0 Å². The van der Waals surface area contributed by atoms with E-state index in [0.29, 0.717) is 31.7 Å². The van der Waals surface area contributed by atoms with E-state index < -0.39 is 10.2 Å². The van der Waals surface area contributed by atoms with Crippen molar-refractivity contribution in [2.45, 2.75) is 6.92 Å². The largest absolute Gasteiger partial charge is 0.336 e. The van der Waals surface area contributed by atoms with Gasteiger partial charge < -0.3 is 4.90 Å². The minimum absolute atomic E-state index is 0.113. The molecule has 1 amide bonds. The first-order valence-electron chi connectivity index (χ1n) is 6.31. The van der Waals surface area contributed by atoms with Gasteiger partial charge >= 0.3 is 0 Å². The van der Waals surface area contributed by atoms with Gasteiger partial charge in [-0.25, -0.2) is 0 Å². The fourth-order valence-electron chi connectivity index (χ4n) is 2.09. The summed E-state index contributed by atoms with van der Waals surface area (Å²) in [5.74, 6) is -0.113. The number of amides is 1. The molecule has 9 heteroatoms. The molecule has 2 heterocycles. The number of hydrogen-bond donors (Lipinski definition) is 1. The zero-order chi connectivity index (χ0) is 14.9. The molecule has 0 spiro atoms. The maximum absolute atomic E-state index is 12.3. The minimum atomic E-state index is -3.40. The lowest BCUT2D eigenvalue weighted by Gasteiger charge is -2.35. The van der Waals surface area contributed by atoms with Gasteiger partial charge in [0.25, 0.3) is 16.1 Å². The third kappa shape index (κ3) is 2.69. The average molecular weight is 301 g/mol. The highest BCUT2D eigenvalue weighted by molar-refractivity contribution is 7.86. The Bertz CT molecular complexity index is 587. The number of nitrogens with zero attached hydrogens (tertiary/aromatic N) is 4. The van der Waals surface area contributed by atoms with Crippen molar-refractivity contribution in [3.05, 3.63) is 17.5 Å². The van der Waals surface area contributed by atoms with E-state index in [-0.39, 0.29) is 5.91 Å². The molecule has 0 unspecified atom stereocenters. The number of H-pyrrole nitrogens is 1. The van der Waals surface area contributed by atoms with Crippen LogP contribution in [0.25, 0.3) is 0 Å². The Labute approximate surface area is 118 Å². The zero-order valence-corrected chi connectivity index (χ0v) is 12.6. The molecular weight excluding hydrogens is 282 g/mol. The van der Waals surface area contributed by atoms with Crippen LogP contribution in [0, 0.1) is 6.92 Å². The number of rotatable bonds is 3. The highest BCUT2D eigenvalue weighted by Crippen LogP contribution is 2.13. The van der Waals surface area contributed by atoms with E-state index in [2.05, 4.69) is 10.2 Å². The molecular formula is C11H19N5O3S. The van der Waals surface area contributed by atoms with E-state index >= 15 is 0 Å². The Kier molecular flexibility index (Phi) is 4.11. The van der Waals surface area contributed by atoms with Crippen LogP contribution < -0.4 is 0 Å². The van der Waals surface area contributed by atoms with Crippen LogP contribution in [0.4, 0.5) is 0 Å². The lowest BCUT2D eigenvalue weighted by molar-refractivity contribution is 0.0694. The maximum atomic E-state index is 12.3. The Balaban J connectivity index is 2.02. The second-order valence-electron chi connectivity index (χ2n) is 4.89. The van der Waals surface area contributed by atoms with E-state index in [0.717, 1.165) is 5.69 Å². The predicted molar refractivity (Wildman–Crippen MR) is 73.4 cm³/mol. The van der Waals surface area contributed by atoms with Crippen LogP contribution in [-0.2, 0) is 10.2 Å². The third-order valence-electron chi connectivity index (χ3n) is 3.37. The average Bonchev–Trinajstić information content (AvgIpc) is 2.84. The second kappa shape index (κ2) is 5.51. The van der Waals surface area contributed by atoms with Crippen molar-refractivity contribution in [1.82, 2.24) is 23.7 Å². The normalized spacial score (nSPS) is 17.7. The van der Waals surface area contributed by atoms with Gasteiger partial charge in [-0.1, -0.05) is 0 Å². The molecule has 2 rings (SSSR count). The Morgan fingerprint density at radius 3 is 2.35 bits per heavy atom. The van der Waals surface area contributed by atoms with Crippen LogP contribution in [0.5, 0.6) is 0 Å². The van der Waals surface area contributed by atoms with Crippen LogP contribution in [-0.4, -0.2) is 78.3 Å². The summed E-state index contributed by atoms with van der Waals surface area (Å²) in [4.78, 5) is 13.9. The van der Waals surface area contributed by atoms with Crippen molar-refractivity contribution in [2.24, 2.45) is 0 Å². The van der Waals surface area contributed by atoms with Gasteiger partial charge in [-0.15, -0.1) is 0 Å². The molecule has 1 fully saturated rings. The molecule has 1 aromatic rings. The molecule has 20 heavy (non-hydrogen) atoms. The highest BCUT2D eigenvalue weighted by atomic mass is 32.2. The SMILES string of the molecule is Cc1[nH]ncc1C(=O)N1CCN(S(=O)(=O)N(C)C)CC1. The fourth-order valence-corrected chi connectivity index (χ4v) is 3.18. The minimum Gasteiger partial charge on any atom is -0.336 e. The monoisotopic (exact) mass is 301 g/mol. The number of carbonyl (C=O) groups is 1. The van der Waals surface area contributed by atoms with Gasteiger partial charge in [-0.05, 0) is 6.92 Å². The highest BCUT2D eigenvalue weighted by Gasteiger charge is 2.31. The molecule has 0 aliphatic carbocycles. The first kappa shape index (κ1) is 14.9. The molecule has 1 aliphatic rings. The van der Waals surface area contributed by atoms with Crippen molar-refractivity contribution in [3.63, 3.8) is 0 Å². The number of nitrogens with one attached hydrogen (secondary N) is 1. The van der Waals surface area contributed by atoms with E-state index in [1.165, 1.54) is 28.9 Å². The molecule has 0 aromatic carbocycles. The number of aromatic amines is 1. The Morgan fingerprint density at radius 2 is 1.90 bits per heavy atom. The van der Waals surface area contributed by atoms with Gasteiger partial charge in [0.1, 0.15) is 0 Å². The Morgan fingerprint density at radius 1 is 1.30 bits per heavy atom. The number of piperazine rings is 1. The lowest BCUT2D eigenvalue weighted by Crippen LogP contribution is -2.53. The summed E-state index contributed by atoms with van der Waals surface area (Å²) < 4.78 is 26.5. The molecule has 1 aromatic heterocycles. The molecule has 8 nitrogen and oxygen atoms in total. The van der Waals surface area contributed by atoms with Gasteiger partial charge in [-0.2, -0.15) is 22.1 Å². The van der Waals surface area contributed by atoms with E-state index in [1.54, 1.807) is 11.8 Å². The number of hydrogen-bond acceptors (Lipinski definition) is 4. The molecule has 1 N–H and O–H groups in total. The van der Waals surface area contributed by atoms with Gasteiger partial charge in [0, 0.05) is 46.0 Å². The van der Waals surface area contributed by atoms with Crippen molar-refractivity contribution in [3.8, 4) is 0 Å². The fraction of sp³-hybridized carbons (Fsp3) is 0.636. The zero-order valence-electron chi connectivity index (χ0n) is 11.8. The number of carbonyl (C=O) groups excluding carboxylic acids is 1. The quantitative estimate of drug-likeness (QED) is 0.798. The summed E-state index contributed by atoms with van der Waals surface area (Å²) in [6.07, 6.45) is 1.50. The predicted octanol–water partition coefficient (Wildman–Crippen LogP) is -0.718. The summed E-state index contributed by atoms with van der Waals surface area (Å²) in [5.41, 5.74) is 1.26. The van der Waals surface area contributed by atoms with E-state index in [1.807, 2.05) is 0 Å².